The van der Waals surface area contributed by atoms with Crippen LogP contribution < -0.4 is 11.5 Å². The second-order valence-corrected chi connectivity index (χ2v) is 12.2. The number of esters is 1. The first-order chi connectivity index (χ1) is 20.2. The van der Waals surface area contributed by atoms with Crippen LogP contribution in [0.4, 0.5) is 0 Å². The van der Waals surface area contributed by atoms with Crippen LogP contribution in [0.25, 0.3) is 0 Å². The minimum absolute atomic E-state index is 0.0718. The van der Waals surface area contributed by atoms with Crippen LogP contribution in [-0.2, 0) is 47.5 Å². The zero-order chi connectivity index (χ0) is 32.6. The second-order valence-electron chi connectivity index (χ2n) is 12.2. The van der Waals surface area contributed by atoms with E-state index in [9.17, 15) is 9.59 Å². The predicted molar refractivity (Wildman–Crippen MR) is 164 cm³/mol. The highest BCUT2D eigenvalue weighted by atomic mass is 16.6. The molecule has 0 spiro atoms. The van der Waals surface area contributed by atoms with E-state index in [0.717, 1.165) is 0 Å². The van der Waals surface area contributed by atoms with Gasteiger partial charge in [0.15, 0.2) is 0 Å². The Morgan fingerprint density at radius 3 is 1.33 bits per heavy atom. The Labute approximate surface area is 259 Å². The standard InChI is InChI=1S/C30H61N3O10/c1-28(2,3)43-26(34)24-30(6,7)42-25-29(4,5)27(35)33(10-14-38-18-22-40-20-16-36-12-8-31)11-15-39-19-23-41-21-17-37-13-9-32/h8-25,31-32H2,1-7H3. The lowest BCUT2D eigenvalue weighted by molar-refractivity contribution is -0.164. The Balaban J connectivity index is 4.81. The minimum atomic E-state index is -0.857. The lowest BCUT2D eigenvalue weighted by Crippen LogP contribution is -2.47. The monoisotopic (exact) mass is 623 g/mol. The highest BCUT2D eigenvalue weighted by Gasteiger charge is 2.35. The number of carbonyl (C=O) groups is 2. The summed E-state index contributed by atoms with van der Waals surface area (Å²) < 4.78 is 44.4. The summed E-state index contributed by atoms with van der Waals surface area (Å²) in [6.07, 6.45) is 0.0718. The van der Waals surface area contributed by atoms with Crippen molar-refractivity contribution in [2.24, 2.45) is 16.9 Å². The first-order valence-corrected chi connectivity index (χ1v) is 15.3. The van der Waals surface area contributed by atoms with E-state index in [1.807, 2.05) is 48.5 Å². The normalized spacial score (nSPS) is 12.5. The van der Waals surface area contributed by atoms with Gasteiger partial charge in [-0.15, -0.1) is 0 Å². The first-order valence-electron chi connectivity index (χ1n) is 15.3. The van der Waals surface area contributed by atoms with Crippen LogP contribution in [-0.4, -0.2) is 140 Å². The van der Waals surface area contributed by atoms with E-state index in [0.29, 0.717) is 105 Å². The molecular formula is C30H61N3O10. The van der Waals surface area contributed by atoms with Gasteiger partial charge in [0.05, 0.1) is 103 Å². The number of hydrogen-bond donors (Lipinski definition) is 2. The molecule has 0 fully saturated rings. The molecule has 0 aliphatic rings. The van der Waals surface area contributed by atoms with Crippen molar-refractivity contribution >= 4 is 11.9 Å². The van der Waals surface area contributed by atoms with E-state index in [-0.39, 0.29) is 24.9 Å². The largest absolute Gasteiger partial charge is 0.460 e. The van der Waals surface area contributed by atoms with Gasteiger partial charge in [0.25, 0.3) is 0 Å². The quantitative estimate of drug-likeness (QED) is 0.0952. The SMILES string of the molecule is CC(C)(C)OC(=O)CC(C)(C)OCC(C)(C)C(=O)N(CCOCCOCCOCCN)CCOCCOCCOCCN. The molecule has 0 aromatic heterocycles. The van der Waals surface area contributed by atoms with Crippen LogP contribution >= 0.6 is 0 Å². The molecule has 0 radical (unpaired) electrons. The summed E-state index contributed by atoms with van der Waals surface area (Å²) in [5.74, 6) is -0.453. The van der Waals surface area contributed by atoms with E-state index in [4.69, 9.17) is 49.4 Å². The zero-order valence-electron chi connectivity index (χ0n) is 27.9. The molecule has 4 N–H and O–H groups in total. The average Bonchev–Trinajstić information content (AvgIpc) is 2.91. The summed E-state index contributed by atoms with van der Waals surface area (Å²) in [6, 6.07) is 0. The lowest BCUT2D eigenvalue weighted by atomic mass is 9.92. The molecule has 0 rings (SSSR count). The highest BCUT2D eigenvalue weighted by Crippen LogP contribution is 2.25. The molecule has 0 saturated heterocycles. The van der Waals surface area contributed by atoms with Crippen molar-refractivity contribution in [1.82, 2.24) is 4.90 Å². The van der Waals surface area contributed by atoms with E-state index in [2.05, 4.69) is 0 Å². The Hall–Kier alpha value is -1.42. The predicted octanol–water partition coefficient (Wildman–Crippen LogP) is 1.39. The first kappa shape index (κ1) is 41.6. The molecule has 0 heterocycles. The van der Waals surface area contributed by atoms with Crippen LogP contribution in [0.15, 0.2) is 0 Å². The molecule has 0 aliphatic carbocycles. The van der Waals surface area contributed by atoms with E-state index in [1.54, 1.807) is 4.90 Å². The Bertz CT molecular complexity index is 693. The number of hydrogen-bond acceptors (Lipinski definition) is 12. The van der Waals surface area contributed by atoms with Gasteiger partial charge in [-0.1, -0.05) is 0 Å². The molecule has 0 saturated carbocycles. The summed E-state index contributed by atoms with van der Waals surface area (Å²) >= 11 is 0. The molecule has 0 bridgehead atoms. The number of amides is 1. The van der Waals surface area contributed by atoms with Gasteiger partial charge in [0.2, 0.25) is 5.91 Å². The maximum Gasteiger partial charge on any atom is 0.309 e. The third-order valence-corrected chi connectivity index (χ3v) is 5.70. The fourth-order valence-electron chi connectivity index (χ4n) is 3.56. The summed E-state index contributed by atoms with van der Waals surface area (Å²) in [5.41, 5.74) is 8.53. The molecule has 256 valence electrons. The van der Waals surface area contributed by atoms with Crippen LogP contribution in [0, 0.1) is 5.41 Å². The number of carbonyl (C=O) groups excluding carboxylic acids is 2. The molecule has 0 aromatic carbocycles. The molecule has 1 amide bonds. The van der Waals surface area contributed by atoms with Crippen molar-refractivity contribution in [3.63, 3.8) is 0 Å². The Kier molecular flexibility index (Phi) is 23.1. The van der Waals surface area contributed by atoms with Gasteiger partial charge >= 0.3 is 5.97 Å². The van der Waals surface area contributed by atoms with Crippen LogP contribution in [0.1, 0.15) is 54.9 Å². The van der Waals surface area contributed by atoms with Gasteiger partial charge in [0, 0.05) is 26.2 Å². The van der Waals surface area contributed by atoms with Crippen molar-refractivity contribution in [2.75, 3.05) is 112 Å². The van der Waals surface area contributed by atoms with Gasteiger partial charge in [-0.05, 0) is 48.5 Å². The molecule has 43 heavy (non-hydrogen) atoms. The second kappa shape index (κ2) is 23.9. The van der Waals surface area contributed by atoms with Crippen LogP contribution in [0.5, 0.6) is 0 Å². The average molecular weight is 624 g/mol. The maximum atomic E-state index is 13.6. The number of nitrogens with two attached hydrogens (primary N) is 2. The molecule has 13 nitrogen and oxygen atoms in total. The highest BCUT2D eigenvalue weighted by molar-refractivity contribution is 5.82. The van der Waals surface area contributed by atoms with E-state index >= 15 is 0 Å². The van der Waals surface area contributed by atoms with E-state index < -0.39 is 16.6 Å². The fourth-order valence-corrected chi connectivity index (χ4v) is 3.56. The van der Waals surface area contributed by atoms with Gasteiger partial charge < -0.3 is 54.3 Å². The number of nitrogens with zero attached hydrogens (tertiary/aromatic N) is 1. The Morgan fingerprint density at radius 1 is 0.581 bits per heavy atom. The molecule has 0 aromatic rings. The number of ether oxygens (including phenoxy) is 8. The summed E-state index contributed by atoms with van der Waals surface area (Å²) in [7, 11) is 0. The van der Waals surface area contributed by atoms with Gasteiger partial charge in [-0.25, -0.2) is 0 Å². The molecule has 0 unspecified atom stereocenters. The van der Waals surface area contributed by atoms with Gasteiger partial charge in [-0.2, -0.15) is 0 Å². The third-order valence-electron chi connectivity index (χ3n) is 5.70. The molecular weight excluding hydrogens is 562 g/mol. The van der Waals surface area contributed by atoms with Crippen molar-refractivity contribution in [3.05, 3.63) is 0 Å². The number of rotatable bonds is 28. The molecule has 0 aliphatic heterocycles. The van der Waals surface area contributed by atoms with Crippen molar-refractivity contribution in [3.8, 4) is 0 Å². The van der Waals surface area contributed by atoms with Gasteiger partial charge in [0.1, 0.15) is 5.60 Å². The summed E-state index contributed by atoms with van der Waals surface area (Å²) in [5, 5.41) is 0. The summed E-state index contributed by atoms with van der Waals surface area (Å²) in [4.78, 5) is 27.7. The summed E-state index contributed by atoms with van der Waals surface area (Å²) in [6.45, 7) is 19.8. The van der Waals surface area contributed by atoms with Crippen molar-refractivity contribution in [2.45, 2.75) is 66.1 Å². The third kappa shape index (κ3) is 24.6. The fraction of sp³-hybridized carbons (Fsp3) is 0.933. The minimum Gasteiger partial charge on any atom is -0.460 e. The molecule has 13 heteroatoms. The lowest BCUT2D eigenvalue weighted by Gasteiger charge is -2.35. The topological polar surface area (TPSA) is 163 Å². The maximum absolute atomic E-state index is 13.6. The van der Waals surface area contributed by atoms with Crippen molar-refractivity contribution in [1.29, 1.82) is 0 Å². The van der Waals surface area contributed by atoms with Crippen LogP contribution in [0.2, 0.25) is 0 Å². The Morgan fingerprint density at radius 2 is 0.953 bits per heavy atom. The van der Waals surface area contributed by atoms with Crippen molar-refractivity contribution < 1.29 is 47.5 Å². The van der Waals surface area contributed by atoms with Crippen LogP contribution in [0.3, 0.4) is 0 Å². The van der Waals surface area contributed by atoms with Gasteiger partial charge in [-0.3, -0.25) is 9.59 Å². The zero-order valence-corrected chi connectivity index (χ0v) is 27.9. The van der Waals surface area contributed by atoms with E-state index in [1.165, 1.54) is 0 Å². The molecule has 0 atom stereocenters. The smallest absolute Gasteiger partial charge is 0.309 e.